The van der Waals surface area contributed by atoms with Crippen LogP contribution in [0.1, 0.15) is 60.6 Å². The van der Waals surface area contributed by atoms with Gasteiger partial charge < -0.3 is 0 Å². The number of ether oxygens (including phenoxy) is 2. The molecule has 1 aliphatic carbocycles. The maximum atomic E-state index is 6.98. The number of alkyl halides is 2. The molecule has 0 saturated heterocycles. The van der Waals surface area contributed by atoms with Gasteiger partial charge in [-0.25, -0.2) is 0 Å². The fourth-order valence-electron chi connectivity index (χ4n) is 6.70. The zero-order valence-electron chi connectivity index (χ0n) is 26.0. The van der Waals surface area contributed by atoms with Gasteiger partial charge in [-0.2, -0.15) is 0 Å². The summed E-state index contributed by atoms with van der Waals surface area (Å²) in [4.78, 5) is 10.7. The Balaban J connectivity index is 1.45. The fraction of sp³-hybridized carbons (Fsp3) is 0.351. The van der Waals surface area contributed by atoms with Crippen LogP contribution in [0.3, 0.4) is 0 Å². The first kappa shape index (κ1) is 32.9. The van der Waals surface area contributed by atoms with Gasteiger partial charge in [0.25, 0.3) is 0 Å². The standard InChI is InChI=1S/C37H36Br2N2O2.2Ni/c1-23-14-7-10-17-26(23)33-40-36(5,27-18-11-8-15-24(27)2)31(42-33)22-32-37(6,28-19-12-9-16-25(28)3)41-34(43-32)29-20-13-21-30(38)35(29,4)39;;/h7-9,11-12,14-21,30-32H,22H2,1-6H3;;/t30?,31?,32?,35?,36-,37-;;/m1../s1. The van der Waals surface area contributed by atoms with Crippen LogP contribution >= 0.6 is 31.9 Å². The van der Waals surface area contributed by atoms with Crippen LogP contribution in [-0.4, -0.2) is 33.2 Å². The molecular formula is C37H36Br2N2Ni2O2. The van der Waals surface area contributed by atoms with Gasteiger partial charge in [-0.1, -0.05) is 0 Å². The van der Waals surface area contributed by atoms with Gasteiger partial charge in [-0.05, 0) is 0 Å². The molecule has 240 valence electrons. The Hall–Kier alpha value is -1.97. The van der Waals surface area contributed by atoms with Gasteiger partial charge in [0.2, 0.25) is 0 Å². The minimum atomic E-state index is -0.685. The van der Waals surface area contributed by atoms with E-state index in [0.717, 1.165) is 48.0 Å². The van der Waals surface area contributed by atoms with Gasteiger partial charge in [0.05, 0.1) is 0 Å². The Labute approximate surface area is 299 Å². The molecule has 3 aromatic carbocycles. The number of rotatable bonds is 6. The van der Waals surface area contributed by atoms with Crippen molar-refractivity contribution in [2.75, 3.05) is 0 Å². The predicted octanol–water partition coefficient (Wildman–Crippen LogP) is 8.24. The number of benzene rings is 3. The van der Waals surface area contributed by atoms with Crippen LogP contribution < -0.4 is 4.53 Å². The number of aliphatic imine (C=N–C) groups is 2. The Kier molecular flexibility index (Phi) is 8.96. The van der Waals surface area contributed by atoms with Crippen molar-refractivity contribution in [1.29, 1.82) is 0 Å². The van der Waals surface area contributed by atoms with E-state index in [1.807, 2.05) is 30.4 Å². The summed E-state index contributed by atoms with van der Waals surface area (Å²) in [6, 6.07) is 22.9. The second kappa shape index (κ2) is 12.2. The number of allylic oxidation sites excluding steroid dienone is 3. The Morgan fingerprint density at radius 3 is 1.87 bits per heavy atom. The van der Waals surface area contributed by atoms with Crippen molar-refractivity contribution in [2.24, 2.45) is 9.98 Å². The molecule has 6 rings (SSSR count). The van der Waals surface area contributed by atoms with Gasteiger partial charge in [-0.3, -0.25) is 0 Å². The molecule has 0 spiro atoms. The fourth-order valence-corrected chi connectivity index (χ4v) is 8.37. The molecule has 3 aromatic rings. The van der Waals surface area contributed by atoms with E-state index in [1.165, 1.54) is 0 Å². The Bertz CT molecular complexity index is 1800. The molecule has 0 bridgehead atoms. The first-order valence-electron chi connectivity index (χ1n) is 15.0. The SMILES string of the molecule is Cc1cc[c]([Ni])cc1C1=N[C@](C)(c2ccccc2C)C(CC2OC(C3=C[C]([Ni])=CC(Br)C3(C)Br)=N[C@]2(C)c2ccccc2C)O1. The van der Waals surface area contributed by atoms with E-state index in [-0.39, 0.29) is 17.0 Å². The van der Waals surface area contributed by atoms with Crippen LogP contribution in [0.15, 0.2) is 99.0 Å². The number of aryl methyl sites for hydroxylation is 3. The van der Waals surface area contributed by atoms with Crippen LogP contribution in [0, 0.1) is 20.8 Å². The summed E-state index contributed by atoms with van der Waals surface area (Å²) in [6.45, 7) is 12.8. The molecule has 2 heterocycles. The van der Waals surface area contributed by atoms with Crippen molar-refractivity contribution in [1.82, 2.24) is 0 Å². The average molecular weight is 818 g/mol. The van der Waals surface area contributed by atoms with E-state index in [4.69, 9.17) is 50.4 Å². The molecule has 0 amide bonds. The number of halogens is 2. The monoisotopic (exact) mass is 814 g/mol. The topological polar surface area (TPSA) is 43.2 Å². The van der Waals surface area contributed by atoms with Crippen molar-refractivity contribution in [3.63, 3.8) is 0 Å². The number of hydrogen-bond acceptors (Lipinski definition) is 4. The van der Waals surface area contributed by atoms with Gasteiger partial charge in [0, 0.05) is 0 Å². The van der Waals surface area contributed by atoms with Crippen molar-refractivity contribution in [3.8, 4) is 0 Å². The summed E-state index contributed by atoms with van der Waals surface area (Å²) in [6.07, 6.45) is 3.94. The molecule has 0 aromatic heterocycles. The van der Waals surface area contributed by atoms with Crippen LogP contribution in [0.25, 0.3) is 0 Å². The molecule has 0 N–H and O–H groups in total. The van der Waals surface area contributed by atoms with Crippen molar-refractivity contribution in [2.45, 2.75) is 80.4 Å². The quantitative estimate of drug-likeness (QED) is 0.186. The van der Waals surface area contributed by atoms with E-state index in [9.17, 15) is 0 Å². The Morgan fingerprint density at radius 2 is 1.29 bits per heavy atom. The molecule has 0 saturated carbocycles. The number of nitrogens with zero attached hydrogens (tertiary/aromatic N) is 2. The van der Waals surface area contributed by atoms with E-state index >= 15 is 0 Å². The molecule has 4 unspecified atom stereocenters. The normalized spacial score (nSPS) is 31.1. The second-order valence-electron chi connectivity index (χ2n) is 12.7. The molecule has 0 radical (unpaired) electrons. The summed E-state index contributed by atoms with van der Waals surface area (Å²) in [5, 5.41) is 0. The zero-order chi connectivity index (χ0) is 32.3. The minimum absolute atomic E-state index is 0.00779. The molecule has 4 nitrogen and oxygen atoms in total. The first-order chi connectivity index (χ1) is 21.2. The van der Waals surface area contributed by atoms with Gasteiger partial charge in [0.15, 0.2) is 0 Å². The predicted molar refractivity (Wildman–Crippen MR) is 182 cm³/mol. The van der Waals surface area contributed by atoms with Crippen LogP contribution in [0.2, 0.25) is 0 Å². The molecule has 0 fully saturated rings. The van der Waals surface area contributed by atoms with Crippen LogP contribution in [0.4, 0.5) is 0 Å². The zero-order valence-corrected chi connectivity index (χ0v) is 31.2. The summed E-state index contributed by atoms with van der Waals surface area (Å²) < 4.78 is 15.0. The maximum absolute atomic E-state index is 6.98. The third kappa shape index (κ3) is 5.88. The van der Waals surface area contributed by atoms with Gasteiger partial charge >= 0.3 is 301 Å². The second-order valence-corrected chi connectivity index (χ2v) is 16.5. The first-order valence-corrected chi connectivity index (χ1v) is 17.7. The molecule has 3 aliphatic rings. The van der Waals surface area contributed by atoms with Gasteiger partial charge in [0.1, 0.15) is 0 Å². The summed E-state index contributed by atoms with van der Waals surface area (Å²) in [5.74, 6) is 1.22. The molecule has 2 aliphatic heterocycles. The Morgan fingerprint density at radius 1 is 0.756 bits per heavy atom. The summed E-state index contributed by atoms with van der Waals surface area (Å²) >= 11 is 18.3. The van der Waals surface area contributed by atoms with Crippen LogP contribution in [-0.2, 0) is 51.5 Å². The van der Waals surface area contributed by atoms with Crippen molar-refractivity contribution < 1.29 is 40.4 Å². The van der Waals surface area contributed by atoms with Crippen LogP contribution in [0.5, 0.6) is 0 Å². The molecular weight excluding hydrogens is 782 g/mol. The number of hydrogen-bond donors (Lipinski definition) is 0. The summed E-state index contributed by atoms with van der Waals surface area (Å²) in [5.41, 5.74) is 6.17. The molecule has 45 heavy (non-hydrogen) atoms. The van der Waals surface area contributed by atoms with E-state index < -0.39 is 15.4 Å². The summed E-state index contributed by atoms with van der Waals surface area (Å²) in [7, 11) is 0. The van der Waals surface area contributed by atoms with E-state index in [0.29, 0.717) is 18.2 Å². The van der Waals surface area contributed by atoms with Gasteiger partial charge in [-0.15, -0.1) is 0 Å². The van der Waals surface area contributed by atoms with E-state index in [2.05, 4.69) is 122 Å². The molecule has 6 atom stereocenters. The molecule has 8 heteroatoms. The third-order valence-electron chi connectivity index (χ3n) is 9.49. The average Bonchev–Trinajstić information content (AvgIpc) is 3.50. The van der Waals surface area contributed by atoms with Crippen molar-refractivity contribution in [3.05, 3.63) is 122 Å². The van der Waals surface area contributed by atoms with E-state index in [1.54, 1.807) is 0 Å². The third-order valence-corrected chi connectivity index (χ3v) is 12.8. The van der Waals surface area contributed by atoms with Crippen molar-refractivity contribution >= 4 is 48.2 Å².